The Labute approximate surface area is 89.5 Å². The average Bonchev–Trinajstić information content (AvgIpc) is 2.01. The first-order valence-electron chi connectivity index (χ1n) is 4.44. The summed E-state index contributed by atoms with van der Waals surface area (Å²) < 4.78 is 25.2. The molecular weight excluding hydrogens is 254 g/mol. The molecule has 1 atom stereocenters. The summed E-state index contributed by atoms with van der Waals surface area (Å²) in [5, 5.41) is 0.570. The van der Waals surface area contributed by atoms with E-state index < -0.39 is 10.0 Å². The van der Waals surface area contributed by atoms with E-state index in [2.05, 4.69) is 20.7 Å². The second-order valence-electron chi connectivity index (χ2n) is 3.53. The summed E-state index contributed by atoms with van der Waals surface area (Å²) in [5.41, 5.74) is 0. The van der Waals surface area contributed by atoms with Crippen LogP contribution in [0.1, 0.15) is 27.2 Å². The van der Waals surface area contributed by atoms with Crippen LogP contribution in [0.15, 0.2) is 0 Å². The molecule has 1 unspecified atom stereocenters. The van der Waals surface area contributed by atoms with Crippen LogP contribution in [0.5, 0.6) is 0 Å². The summed E-state index contributed by atoms with van der Waals surface area (Å²) in [6, 6.07) is 0. The average molecular weight is 272 g/mol. The summed E-state index contributed by atoms with van der Waals surface area (Å²) in [6.07, 6.45) is 0.987. The van der Waals surface area contributed by atoms with Crippen molar-refractivity contribution in [1.29, 1.82) is 0 Å². The molecule has 0 heterocycles. The molecule has 0 aromatic rings. The first-order valence-corrected chi connectivity index (χ1v) is 7.11. The fraction of sp³-hybridized carbons (Fsp3) is 1.00. The molecule has 0 saturated heterocycles. The van der Waals surface area contributed by atoms with Crippen molar-refractivity contribution in [1.82, 2.24) is 4.72 Å². The summed E-state index contributed by atoms with van der Waals surface area (Å²) in [5.74, 6) is 0.382. The minimum atomic E-state index is -3.08. The third-order valence-corrected chi connectivity index (χ3v) is 4.12. The van der Waals surface area contributed by atoms with Crippen LogP contribution in [0.3, 0.4) is 0 Å². The summed E-state index contributed by atoms with van der Waals surface area (Å²) >= 11 is 3.32. The molecule has 0 rings (SSSR count). The first kappa shape index (κ1) is 13.4. The molecule has 0 saturated carbocycles. The van der Waals surface area contributed by atoms with Crippen molar-refractivity contribution in [2.24, 2.45) is 5.92 Å². The fourth-order valence-electron chi connectivity index (χ4n) is 0.713. The van der Waals surface area contributed by atoms with E-state index in [1.54, 1.807) is 13.8 Å². The Balaban J connectivity index is 3.89. The van der Waals surface area contributed by atoms with Crippen molar-refractivity contribution in [2.75, 3.05) is 11.9 Å². The van der Waals surface area contributed by atoms with E-state index in [9.17, 15) is 8.42 Å². The smallest absolute Gasteiger partial charge is 0.213 e. The predicted octanol–water partition coefficient (Wildman–Crippen LogP) is 1.74. The van der Waals surface area contributed by atoms with Gasteiger partial charge in [0.1, 0.15) is 0 Å². The number of sulfonamides is 1. The number of hydrogen-bond donors (Lipinski definition) is 1. The zero-order chi connectivity index (χ0) is 10.5. The third-order valence-electron chi connectivity index (χ3n) is 1.86. The maximum absolute atomic E-state index is 11.3. The van der Waals surface area contributed by atoms with E-state index in [-0.39, 0.29) is 5.25 Å². The van der Waals surface area contributed by atoms with Crippen LogP contribution < -0.4 is 4.72 Å². The first-order chi connectivity index (χ1) is 5.90. The lowest BCUT2D eigenvalue weighted by Gasteiger charge is -2.13. The van der Waals surface area contributed by atoms with Crippen LogP contribution in [0, 0.1) is 5.92 Å². The lowest BCUT2D eigenvalue weighted by Crippen LogP contribution is -2.34. The molecule has 5 heteroatoms. The van der Waals surface area contributed by atoms with Gasteiger partial charge in [-0.2, -0.15) is 0 Å². The number of alkyl halides is 1. The van der Waals surface area contributed by atoms with E-state index in [0.717, 1.165) is 11.8 Å². The number of hydrogen-bond acceptors (Lipinski definition) is 2. The fourth-order valence-corrected chi connectivity index (χ4v) is 2.35. The highest BCUT2D eigenvalue weighted by Gasteiger charge is 2.15. The van der Waals surface area contributed by atoms with Gasteiger partial charge in [-0.25, -0.2) is 13.1 Å². The predicted molar refractivity (Wildman–Crippen MR) is 59.6 cm³/mol. The van der Waals surface area contributed by atoms with Gasteiger partial charge in [0.05, 0.1) is 5.25 Å². The molecule has 0 amide bonds. The van der Waals surface area contributed by atoms with E-state index in [0.29, 0.717) is 12.5 Å². The lowest BCUT2D eigenvalue weighted by molar-refractivity contribution is 0.527. The van der Waals surface area contributed by atoms with Gasteiger partial charge in [-0.05, 0) is 26.2 Å². The highest BCUT2D eigenvalue weighted by Crippen LogP contribution is 2.04. The maximum Gasteiger partial charge on any atom is 0.213 e. The van der Waals surface area contributed by atoms with E-state index >= 15 is 0 Å². The standard InChI is InChI=1S/C8H18BrNO2S/c1-7(2)13(11,12)10-6-8(3)4-5-9/h7-8,10H,4-6H2,1-3H3. The highest BCUT2D eigenvalue weighted by atomic mass is 79.9. The topological polar surface area (TPSA) is 46.2 Å². The molecule has 1 N–H and O–H groups in total. The lowest BCUT2D eigenvalue weighted by atomic mass is 10.1. The largest absolute Gasteiger partial charge is 0.215 e. The van der Waals surface area contributed by atoms with Gasteiger partial charge in [0.2, 0.25) is 10.0 Å². The molecule has 0 bridgehead atoms. The second-order valence-corrected chi connectivity index (χ2v) is 6.64. The Morgan fingerprint density at radius 3 is 2.23 bits per heavy atom. The van der Waals surface area contributed by atoms with Crippen molar-refractivity contribution in [3.8, 4) is 0 Å². The van der Waals surface area contributed by atoms with Gasteiger partial charge in [0.25, 0.3) is 0 Å². The minimum absolute atomic E-state index is 0.344. The number of rotatable bonds is 6. The van der Waals surface area contributed by atoms with Gasteiger partial charge in [0, 0.05) is 11.9 Å². The minimum Gasteiger partial charge on any atom is -0.215 e. The monoisotopic (exact) mass is 271 g/mol. The Kier molecular flexibility index (Phi) is 6.16. The van der Waals surface area contributed by atoms with Gasteiger partial charge in [-0.1, -0.05) is 22.9 Å². The SMILES string of the molecule is CC(CCBr)CNS(=O)(=O)C(C)C. The molecule has 3 nitrogen and oxygen atoms in total. The van der Waals surface area contributed by atoms with Gasteiger partial charge in [0.15, 0.2) is 0 Å². The van der Waals surface area contributed by atoms with Crippen molar-refractivity contribution < 1.29 is 8.42 Å². The Morgan fingerprint density at radius 2 is 1.85 bits per heavy atom. The maximum atomic E-state index is 11.3. The van der Waals surface area contributed by atoms with Gasteiger partial charge in [-0.15, -0.1) is 0 Å². The molecule has 0 aromatic heterocycles. The van der Waals surface area contributed by atoms with Crippen LogP contribution in [-0.4, -0.2) is 25.5 Å². The Hall–Kier alpha value is 0.390. The molecule has 13 heavy (non-hydrogen) atoms. The molecule has 0 fully saturated rings. The molecule has 0 radical (unpaired) electrons. The van der Waals surface area contributed by atoms with Crippen molar-refractivity contribution in [3.63, 3.8) is 0 Å². The Bertz CT molecular complexity index is 226. The molecule has 0 aliphatic carbocycles. The molecule has 80 valence electrons. The summed E-state index contributed by atoms with van der Waals surface area (Å²) in [4.78, 5) is 0. The third kappa shape index (κ3) is 5.65. The second kappa shape index (κ2) is 5.98. The molecule has 0 spiro atoms. The van der Waals surface area contributed by atoms with Gasteiger partial charge in [-0.3, -0.25) is 0 Å². The number of halogens is 1. The Morgan fingerprint density at radius 1 is 1.31 bits per heavy atom. The zero-order valence-electron chi connectivity index (χ0n) is 8.38. The van der Waals surface area contributed by atoms with Crippen LogP contribution in [0.4, 0.5) is 0 Å². The van der Waals surface area contributed by atoms with Crippen LogP contribution >= 0.6 is 15.9 Å². The van der Waals surface area contributed by atoms with Crippen LogP contribution in [0.2, 0.25) is 0 Å². The summed E-state index contributed by atoms with van der Waals surface area (Å²) in [6.45, 7) is 5.92. The van der Waals surface area contributed by atoms with E-state index in [1.165, 1.54) is 0 Å². The summed E-state index contributed by atoms with van der Waals surface area (Å²) in [7, 11) is -3.08. The van der Waals surface area contributed by atoms with Crippen molar-refractivity contribution in [3.05, 3.63) is 0 Å². The van der Waals surface area contributed by atoms with E-state index in [1.807, 2.05) is 6.92 Å². The number of nitrogens with one attached hydrogen (secondary N) is 1. The van der Waals surface area contributed by atoms with Crippen LogP contribution in [0.25, 0.3) is 0 Å². The molecule has 0 aliphatic heterocycles. The quantitative estimate of drug-likeness (QED) is 0.748. The van der Waals surface area contributed by atoms with Crippen molar-refractivity contribution >= 4 is 26.0 Å². The molecule has 0 aliphatic rings. The van der Waals surface area contributed by atoms with Crippen LogP contribution in [-0.2, 0) is 10.0 Å². The molecular formula is C8H18BrNO2S. The van der Waals surface area contributed by atoms with E-state index in [4.69, 9.17) is 0 Å². The van der Waals surface area contributed by atoms with Gasteiger partial charge >= 0.3 is 0 Å². The molecule has 0 aromatic carbocycles. The van der Waals surface area contributed by atoms with Gasteiger partial charge < -0.3 is 0 Å². The normalized spacial score (nSPS) is 14.8. The van der Waals surface area contributed by atoms with Crippen molar-refractivity contribution in [2.45, 2.75) is 32.4 Å². The zero-order valence-corrected chi connectivity index (χ0v) is 10.8. The highest BCUT2D eigenvalue weighted by molar-refractivity contribution is 9.09.